The van der Waals surface area contributed by atoms with E-state index in [2.05, 4.69) is 78.1 Å². The molecule has 6 rings (SSSR count). The summed E-state index contributed by atoms with van der Waals surface area (Å²) < 4.78 is 2.79. The van der Waals surface area contributed by atoms with Crippen molar-refractivity contribution in [2.45, 2.75) is 12.0 Å². The number of hydrogen-bond donors (Lipinski definition) is 1. The second-order valence-corrected chi connectivity index (χ2v) is 7.74. The molecular weight excluding hydrogens is 310 g/mol. The molecule has 2 heterocycles. The summed E-state index contributed by atoms with van der Waals surface area (Å²) in [6.45, 7) is 0. The summed E-state index contributed by atoms with van der Waals surface area (Å²) in [4.78, 5) is 0. The van der Waals surface area contributed by atoms with E-state index in [0.717, 1.165) is 0 Å². The van der Waals surface area contributed by atoms with E-state index in [4.69, 9.17) is 0 Å². The highest BCUT2D eigenvalue weighted by atomic mass is 32.1. The Hall–Kier alpha value is -2.58. The van der Waals surface area contributed by atoms with E-state index >= 15 is 0 Å². The molecule has 0 fully saturated rings. The van der Waals surface area contributed by atoms with Crippen molar-refractivity contribution < 1.29 is 0 Å². The van der Waals surface area contributed by atoms with Gasteiger partial charge in [0.1, 0.15) is 0 Å². The molecule has 0 amide bonds. The second kappa shape index (κ2) is 4.49. The smallest absolute Gasteiger partial charge is 0.0565 e. The van der Waals surface area contributed by atoms with Crippen molar-refractivity contribution in [2.75, 3.05) is 5.32 Å². The molecule has 2 heteroatoms. The fraction of sp³-hybridized carbons (Fsp3) is 0.0909. The first kappa shape index (κ1) is 12.8. The lowest BCUT2D eigenvalue weighted by Gasteiger charge is -2.16. The van der Waals surface area contributed by atoms with E-state index in [1.165, 1.54) is 41.9 Å². The summed E-state index contributed by atoms with van der Waals surface area (Å²) in [7, 11) is 0. The van der Waals surface area contributed by atoms with Gasteiger partial charge in [-0.05, 0) is 45.1 Å². The van der Waals surface area contributed by atoms with E-state index < -0.39 is 0 Å². The largest absolute Gasteiger partial charge is 0.378 e. The second-order valence-electron chi connectivity index (χ2n) is 6.65. The first-order valence-electron chi connectivity index (χ1n) is 8.38. The van der Waals surface area contributed by atoms with E-state index in [0.29, 0.717) is 12.0 Å². The molecule has 0 radical (unpaired) electrons. The zero-order valence-corrected chi connectivity index (χ0v) is 13.8. The molecule has 114 valence electrons. The lowest BCUT2D eigenvalue weighted by molar-refractivity contribution is 0.880. The Morgan fingerprint density at radius 3 is 2.58 bits per heavy atom. The van der Waals surface area contributed by atoms with Crippen LogP contribution in [0, 0.1) is 0 Å². The van der Waals surface area contributed by atoms with Crippen LogP contribution >= 0.6 is 11.3 Å². The van der Waals surface area contributed by atoms with Gasteiger partial charge in [-0.15, -0.1) is 11.3 Å². The summed E-state index contributed by atoms with van der Waals surface area (Å²) in [6, 6.07) is 22.3. The SMILES string of the molecule is C1=c2sc3ccccc3c2=CC2c3c(ccc4ccccc34)NC12. The van der Waals surface area contributed by atoms with Gasteiger partial charge in [0.25, 0.3) is 0 Å². The Balaban J connectivity index is 1.69. The third-order valence-electron chi connectivity index (χ3n) is 5.35. The van der Waals surface area contributed by atoms with Gasteiger partial charge >= 0.3 is 0 Å². The number of rotatable bonds is 0. The lowest BCUT2D eigenvalue weighted by atomic mass is 9.88. The van der Waals surface area contributed by atoms with Crippen LogP contribution in [-0.2, 0) is 0 Å². The average Bonchev–Trinajstić information content (AvgIpc) is 3.17. The standard InChI is InChI=1S/C22H15NS/c1-2-6-14-13(5-1)9-10-18-22(14)17-11-16-15-7-3-4-8-20(15)24-21(16)12-19(17)23-18/h1-12,17,19,23H. The molecule has 0 spiro atoms. The molecule has 3 aromatic carbocycles. The zero-order chi connectivity index (χ0) is 15.7. The Kier molecular flexibility index (Phi) is 2.39. The summed E-state index contributed by atoms with van der Waals surface area (Å²) in [5.41, 5.74) is 2.74. The minimum Gasteiger partial charge on any atom is -0.378 e. The number of fused-ring (bicyclic) bond motifs is 8. The summed E-state index contributed by atoms with van der Waals surface area (Å²) in [6.07, 6.45) is 4.92. The average molecular weight is 325 g/mol. The normalized spacial score (nSPS) is 20.7. The third-order valence-corrected chi connectivity index (χ3v) is 6.50. The van der Waals surface area contributed by atoms with Crippen LogP contribution in [0.15, 0.2) is 60.7 Å². The molecule has 0 bridgehead atoms. The molecule has 2 unspecified atom stereocenters. The Labute approximate surface area is 143 Å². The molecular formula is C22H15NS. The van der Waals surface area contributed by atoms with Crippen LogP contribution in [0.25, 0.3) is 33.0 Å². The van der Waals surface area contributed by atoms with Crippen LogP contribution < -0.4 is 15.1 Å². The first-order valence-corrected chi connectivity index (χ1v) is 9.19. The van der Waals surface area contributed by atoms with Crippen molar-refractivity contribution in [1.82, 2.24) is 0 Å². The van der Waals surface area contributed by atoms with Crippen molar-refractivity contribution >= 4 is 50.0 Å². The van der Waals surface area contributed by atoms with E-state index in [1.807, 2.05) is 11.3 Å². The van der Waals surface area contributed by atoms with Crippen LogP contribution in [0.3, 0.4) is 0 Å². The highest BCUT2D eigenvalue weighted by Crippen LogP contribution is 2.43. The molecule has 1 aromatic heterocycles. The predicted molar refractivity (Wildman–Crippen MR) is 104 cm³/mol. The van der Waals surface area contributed by atoms with Crippen LogP contribution in [0.2, 0.25) is 0 Å². The third kappa shape index (κ3) is 1.59. The Morgan fingerprint density at radius 1 is 0.792 bits per heavy atom. The number of anilines is 1. The van der Waals surface area contributed by atoms with Crippen molar-refractivity contribution in [3.63, 3.8) is 0 Å². The lowest BCUT2D eigenvalue weighted by Crippen LogP contribution is -2.31. The summed E-state index contributed by atoms with van der Waals surface area (Å²) in [5.74, 6) is 0.414. The number of thiophene rings is 1. The fourth-order valence-electron chi connectivity index (χ4n) is 4.28. The molecule has 0 saturated heterocycles. The molecule has 1 nitrogen and oxygen atoms in total. The number of nitrogens with one attached hydrogen (secondary N) is 1. The minimum atomic E-state index is 0.367. The van der Waals surface area contributed by atoms with Gasteiger partial charge in [-0.3, -0.25) is 0 Å². The van der Waals surface area contributed by atoms with Crippen LogP contribution in [0.4, 0.5) is 5.69 Å². The van der Waals surface area contributed by atoms with Gasteiger partial charge in [0.15, 0.2) is 0 Å². The molecule has 0 saturated carbocycles. The maximum Gasteiger partial charge on any atom is 0.0565 e. The quantitative estimate of drug-likeness (QED) is 0.511. The van der Waals surface area contributed by atoms with Gasteiger partial charge in [-0.25, -0.2) is 0 Å². The number of hydrogen-bond acceptors (Lipinski definition) is 2. The molecule has 1 aliphatic heterocycles. The van der Waals surface area contributed by atoms with Crippen molar-refractivity contribution in [1.29, 1.82) is 0 Å². The Bertz CT molecular complexity index is 1250. The minimum absolute atomic E-state index is 0.367. The van der Waals surface area contributed by atoms with Crippen LogP contribution in [-0.4, -0.2) is 6.04 Å². The maximum atomic E-state index is 3.73. The molecule has 2 atom stereocenters. The highest BCUT2D eigenvalue weighted by molar-refractivity contribution is 7.17. The zero-order valence-electron chi connectivity index (χ0n) is 13.0. The van der Waals surface area contributed by atoms with Gasteiger partial charge in [0.05, 0.1) is 6.04 Å². The molecule has 4 aromatic rings. The van der Waals surface area contributed by atoms with Gasteiger partial charge in [0, 0.05) is 20.8 Å². The summed E-state index contributed by atoms with van der Waals surface area (Å²) >= 11 is 1.90. The maximum absolute atomic E-state index is 3.73. The topological polar surface area (TPSA) is 12.0 Å². The molecule has 1 N–H and O–H groups in total. The van der Waals surface area contributed by atoms with Crippen LogP contribution in [0.5, 0.6) is 0 Å². The molecule has 24 heavy (non-hydrogen) atoms. The van der Waals surface area contributed by atoms with Gasteiger partial charge in [-0.1, -0.05) is 54.6 Å². The molecule has 1 aliphatic carbocycles. The monoisotopic (exact) mass is 325 g/mol. The van der Waals surface area contributed by atoms with Crippen molar-refractivity contribution in [3.8, 4) is 0 Å². The van der Waals surface area contributed by atoms with E-state index in [-0.39, 0.29) is 0 Å². The van der Waals surface area contributed by atoms with Crippen molar-refractivity contribution in [2.24, 2.45) is 0 Å². The predicted octanol–water partition coefficient (Wildman–Crippen LogP) is 4.21. The fourth-order valence-corrected chi connectivity index (χ4v) is 5.46. The Morgan fingerprint density at radius 2 is 1.62 bits per heavy atom. The van der Waals surface area contributed by atoms with Gasteiger partial charge < -0.3 is 5.32 Å². The molecule has 2 aliphatic rings. The van der Waals surface area contributed by atoms with Gasteiger partial charge in [0.2, 0.25) is 0 Å². The number of benzene rings is 3. The van der Waals surface area contributed by atoms with E-state index in [9.17, 15) is 0 Å². The van der Waals surface area contributed by atoms with Crippen LogP contribution in [0.1, 0.15) is 11.5 Å². The summed E-state index contributed by atoms with van der Waals surface area (Å²) in [5, 5.41) is 9.24. The van der Waals surface area contributed by atoms with Crippen molar-refractivity contribution in [3.05, 3.63) is 76.0 Å². The van der Waals surface area contributed by atoms with Gasteiger partial charge in [-0.2, -0.15) is 0 Å². The first-order chi connectivity index (χ1) is 11.9. The van der Waals surface area contributed by atoms with E-state index in [1.54, 1.807) is 0 Å². The highest BCUT2D eigenvalue weighted by Gasteiger charge is 2.32.